The first-order valence-corrected chi connectivity index (χ1v) is 10.8. The Labute approximate surface area is 184 Å². The van der Waals surface area contributed by atoms with E-state index in [1.165, 1.54) is 5.56 Å². The second-order valence-electron chi connectivity index (χ2n) is 6.88. The van der Waals surface area contributed by atoms with Crippen molar-refractivity contribution < 1.29 is 13.9 Å². The average molecular weight is 474 g/mol. The Balaban J connectivity index is 1.70. The van der Waals surface area contributed by atoms with Crippen LogP contribution in [0.1, 0.15) is 18.1 Å². The van der Waals surface area contributed by atoms with Gasteiger partial charge in [0.1, 0.15) is 6.67 Å². The van der Waals surface area contributed by atoms with E-state index < -0.39 is 6.67 Å². The molecule has 2 aromatic carbocycles. The van der Waals surface area contributed by atoms with Gasteiger partial charge in [0.05, 0.1) is 6.61 Å². The molecule has 3 rings (SSSR count). The minimum atomic E-state index is -0.466. The number of nitrogens with zero attached hydrogens (tertiary/aromatic N) is 2. The Bertz CT molecular complexity index is 913. The van der Waals surface area contributed by atoms with Gasteiger partial charge in [0.15, 0.2) is 0 Å². The van der Waals surface area contributed by atoms with Gasteiger partial charge in [-0.2, -0.15) is 0 Å². The van der Waals surface area contributed by atoms with E-state index in [4.69, 9.17) is 4.74 Å². The van der Waals surface area contributed by atoms with Gasteiger partial charge < -0.3 is 0 Å². The fraction of sp³-hybridized carbons (Fsp3) is 0.304. The SMILES string of the molecule is CCc1ccc(N2C(=O)C(=Cc3ccc(NCCOCCF)cc3)N(C)C2=[Se])cc1. The van der Waals surface area contributed by atoms with Crippen LogP contribution in [0.3, 0.4) is 0 Å². The quantitative estimate of drug-likeness (QED) is 0.345. The number of hydrogen-bond donors (Lipinski definition) is 1. The van der Waals surface area contributed by atoms with Crippen LogP contribution in [-0.4, -0.2) is 64.5 Å². The number of hydrogen-bond acceptors (Lipinski definition) is 4. The summed E-state index contributed by atoms with van der Waals surface area (Å²) in [5.41, 5.74) is 4.56. The van der Waals surface area contributed by atoms with Gasteiger partial charge in [0, 0.05) is 0 Å². The Morgan fingerprint density at radius 1 is 1.10 bits per heavy atom. The van der Waals surface area contributed by atoms with Gasteiger partial charge in [0.2, 0.25) is 0 Å². The summed E-state index contributed by atoms with van der Waals surface area (Å²) in [7, 11) is 1.88. The number of likely N-dealkylation sites (N-methyl/N-ethyl adjacent to an activating group) is 1. The summed E-state index contributed by atoms with van der Waals surface area (Å²) < 4.78 is 17.9. The third-order valence-corrected chi connectivity index (χ3v) is 5.83. The molecule has 30 heavy (non-hydrogen) atoms. The molecule has 0 unspecified atom stereocenters. The molecule has 0 atom stereocenters. The van der Waals surface area contributed by atoms with Crippen LogP contribution in [0.4, 0.5) is 15.8 Å². The molecule has 0 spiro atoms. The van der Waals surface area contributed by atoms with E-state index in [0.717, 1.165) is 28.0 Å². The average Bonchev–Trinajstić information content (AvgIpc) is 2.98. The number of carbonyl (C=O) groups excluding carboxylic acids is 1. The fourth-order valence-electron chi connectivity index (χ4n) is 3.14. The van der Waals surface area contributed by atoms with Crippen molar-refractivity contribution in [1.82, 2.24) is 4.90 Å². The predicted octanol–water partition coefficient (Wildman–Crippen LogP) is 3.22. The topological polar surface area (TPSA) is 44.8 Å². The summed E-state index contributed by atoms with van der Waals surface area (Å²) in [5.74, 6) is -0.0669. The molecule has 0 aliphatic carbocycles. The van der Waals surface area contributed by atoms with Crippen LogP contribution in [0.15, 0.2) is 54.2 Å². The number of nitrogens with one attached hydrogen (secondary N) is 1. The molecule has 5 nitrogen and oxygen atoms in total. The number of aryl methyl sites for hydroxylation is 1. The molecule has 1 aliphatic rings. The normalized spacial score (nSPS) is 15.4. The molecule has 0 radical (unpaired) electrons. The summed E-state index contributed by atoms with van der Waals surface area (Å²) >= 11 is 3.02. The van der Waals surface area contributed by atoms with Gasteiger partial charge in [-0.05, 0) is 0 Å². The van der Waals surface area contributed by atoms with Crippen molar-refractivity contribution in [3.8, 4) is 0 Å². The van der Waals surface area contributed by atoms with Crippen LogP contribution < -0.4 is 10.2 Å². The molecule has 1 heterocycles. The summed E-state index contributed by atoms with van der Waals surface area (Å²) in [6.45, 7) is 2.83. The number of ether oxygens (including phenoxy) is 1. The molecular weight excluding hydrogens is 448 g/mol. The molecule has 1 saturated heterocycles. The number of anilines is 2. The third kappa shape index (κ3) is 5.17. The second-order valence-corrected chi connectivity index (χ2v) is 7.65. The monoisotopic (exact) mass is 475 g/mol. The number of rotatable bonds is 9. The summed E-state index contributed by atoms with van der Waals surface area (Å²) in [5, 5.41) is 3.22. The molecule has 1 aliphatic heterocycles. The molecule has 1 N–H and O–H groups in total. The van der Waals surface area contributed by atoms with Gasteiger partial charge >= 0.3 is 167 Å². The van der Waals surface area contributed by atoms with Gasteiger partial charge in [-0.1, -0.05) is 0 Å². The van der Waals surface area contributed by atoms with E-state index in [2.05, 4.69) is 27.8 Å². The summed E-state index contributed by atoms with van der Waals surface area (Å²) in [6, 6.07) is 15.9. The molecule has 0 bridgehead atoms. The van der Waals surface area contributed by atoms with Crippen LogP contribution in [-0.2, 0) is 16.0 Å². The molecular formula is C23H26FN3O2Se. The van der Waals surface area contributed by atoms with Crippen molar-refractivity contribution >= 4 is 43.6 Å². The van der Waals surface area contributed by atoms with Crippen LogP contribution in [0.5, 0.6) is 0 Å². The van der Waals surface area contributed by atoms with Crippen LogP contribution in [0, 0.1) is 0 Å². The maximum atomic E-state index is 13.1. The zero-order valence-corrected chi connectivity index (χ0v) is 18.9. The van der Waals surface area contributed by atoms with Crippen LogP contribution in [0.2, 0.25) is 0 Å². The van der Waals surface area contributed by atoms with Gasteiger partial charge in [-0.25, -0.2) is 4.39 Å². The molecule has 1 fully saturated rings. The number of benzene rings is 2. The van der Waals surface area contributed by atoms with Crippen molar-refractivity contribution in [2.24, 2.45) is 0 Å². The van der Waals surface area contributed by atoms with Crippen LogP contribution in [0.25, 0.3) is 6.08 Å². The number of halogens is 1. The third-order valence-electron chi connectivity index (χ3n) is 4.88. The van der Waals surface area contributed by atoms with Gasteiger partial charge in [-0.3, -0.25) is 0 Å². The van der Waals surface area contributed by atoms with E-state index >= 15 is 0 Å². The van der Waals surface area contributed by atoms with E-state index in [1.807, 2.05) is 66.6 Å². The first kappa shape index (κ1) is 22.2. The van der Waals surface area contributed by atoms with Crippen molar-refractivity contribution in [3.63, 3.8) is 0 Å². The molecule has 2 aromatic rings. The zero-order valence-electron chi connectivity index (χ0n) is 17.2. The summed E-state index contributed by atoms with van der Waals surface area (Å²) in [4.78, 5) is 16.7. The molecule has 7 heteroatoms. The number of amides is 1. The van der Waals surface area contributed by atoms with Gasteiger partial charge in [-0.15, -0.1) is 0 Å². The first-order valence-electron chi connectivity index (χ1n) is 9.95. The van der Waals surface area contributed by atoms with Crippen molar-refractivity contribution in [1.29, 1.82) is 0 Å². The maximum absolute atomic E-state index is 13.1. The Hall–Kier alpha value is -2.47. The van der Waals surface area contributed by atoms with E-state index in [1.54, 1.807) is 4.90 Å². The standard InChI is InChI=1S/C23H26FN3O2Se/c1-3-17-6-10-20(11-7-17)27-22(28)21(26(2)23(27)30)16-18-4-8-19(9-5-18)25-13-15-29-14-12-24/h4-11,16,25H,3,12-15H2,1-2H3. The number of carbonyl (C=O) groups is 1. The van der Waals surface area contributed by atoms with Crippen molar-refractivity contribution in [3.05, 3.63) is 65.4 Å². The van der Waals surface area contributed by atoms with Crippen LogP contribution >= 0.6 is 0 Å². The second kappa shape index (κ2) is 10.5. The van der Waals surface area contributed by atoms with Crippen molar-refractivity contribution in [2.75, 3.05) is 43.7 Å². The Morgan fingerprint density at radius 3 is 2.43 bits per heavy atom. The van der Waals surface area contributed by atoms with Crippen molar-refractivity contribution in [2.45, 2.75) is 13.3 Å². The van der Waals surface area contributed by atoms with Gasteiger partial charge in [0.25, 0.3) is 0 Å². The molecule has 0 saturated carbocycles. The molecule has 158 valence electrons. The van der Waals surface area contributed by atoms with E-state index in [9.17, 15) is 9.18 Å². The minimum absolute atomic E-state index is 0.0669. The Kier molecular flexibility index (Phi) is 7.80. The summed E-state index contributed by atoms with van der Waals surface area (Å²) in [6.07, 6.45) is 2.85. The first-order chi connectivity index (χ1) is 14.5. The zero-order chi connectivity index (χ0) is 21.5. The fourth-order valence-corrected chi connectivity index (χ4v) is 3.75. The molecule has 1 amide bonds. The predicted molar refractivity (Wildman–Crippen MR) is 122 cm³/mol. The van der Waals surface area contributed by atoms with E-state index in [-0.39, 0.29) is 12.5 Å². The van der Waals surface area contributed by atoms with E-state index in [0.29, 0.717) is 18.8 Å². The Morgan fingerprint density at radius 2 is 1.80 bits per heavy atom. The number of alkyl halides is 1. The molecule has 0 aromatic heterocycles.